The fourth-order valence-corrected chi connectivity index (χ4v) is 1.94. The monoisotopic (exact) mass is 270 g/mol. The number of carbonyl (C=O) groups is 1. The fraction of sp³-hybridized carbons (Fsp3) is 0.235. The Bertz CT molecular complexity index is 573. The number of benzene rings is 2. The number of rotatable bonds is 6. The van der Waals surface area contributed by atoms with Crippen LogP contribution in [0.4, 0.5) is 0 Å². The molecule has 0 saturated carbocycles. The first-order valence-electron chi connectivity index (χ1n) is 6.63. The van der Waals surface area contributed by atoms with Crippen LogP contribution >= 0.6 is 0 Å². The van der Waals surface area contributed by atoms with Gasteiger partial charge in [-0.2, -0.15) is 0 Å². The molecule has 0 radical (unpaired) electrons. The van der Waals surface area contributed by atoms with Gasteiger partial charge in [-0.25, -0.2) is 0 Å². The molecule has 0 unspecified atom stereocenters. The van der Waals surface area contributed by atoms with Gasteiger partial charge in [-0.15, -0.1) is 0 Å². The van der Waals surface area contributed by atoms with E-state index in [-0.39, 0.29) is 6.42 Å². The Morgan fingerprint density at radius 3 is 2.50 bits per heavy atom. The highest BCUT2D eigenvalue weighted by Crippen LogP contribution is 2.21. The highest BCUT2D eigenvalue weighted by molar-refractivity contribution is 5.67. The number of aryl methyl sites for hydroxylation is 2. The van der Waals surface area contributed by atoms with Crippen LogP contribution in [0.1, 0.15) is 23.1 Å². The van der Waals surface area contributed by atoms with Crippen molar-refractivity contribution in [2.24, 2.45) is 0 Å². The van der Waals surface area contributed by atoms with Crippen molar-refractivity contribution in [3.8, 4) is 5.75 Å². The summed E-state index contributed by atoms with van der Waals surface area (Å²) in [5, 5.41) is 8.76. The first kappa shape index (κ1) is 14.1. The fourth-order valence-electron chi connectivity index (χ4n) is 1.94. The summed E-state index contributed by atoms with van der Waals surface area (Å²) in [5.74, 6) is -0.0346. The molecule has 3 nitrogen and oxygen atoms in total. The van der Waals surface area contributed by atoms with Crippen LogP contribution < -0.4 is 4.74 Å². The van der Waals surface area contributed by atoms with Gasteiger partial charge in [-0.05, 0) is 30.5 Å². The summed E-state index contributed by atoms with van der Waals surface area (Å²) in [6.45, 7) is 2.54. The predicted molar refractivity (Wildman–Crippen MR) is 77.9 cm³/mol. The van der Waals surface area contributed by atoms with E-state index < -0.39 is 5.97 Å². The lowest BCUT2D eigenvalue weighted by Gasteiger charge is -2.11. The molecule has 0 spiro atoms. The molecule has 0 aliphatic carbocycles. The first-order chi connectivity index (χ1) is 9.65. The normalized spacial score (nSPS) is 10.2. The van der Waals surface area contributed by atoms with Crippen LogP contribution in [-0.4, -0.2) is 11.1 Å². The van der Waals surface area contributed by atoms with Crippen LogP contribution in [0.15, 0.2) is 48.5 Å². The van der Waals surface area contributed by atoms with Crippen LogP contribution in [0.5, 0.6) is 5.75 Å². The largest absolute Gasteiger partial charge is 0.489 e. The lowest BCUT2D eigenvalue weighted by atomic mass is 10.1. The molecule has 2 rings (SSSR count). The zero-order chi connectivity index (χ0) is 14.4. The van der Waals surface area contributed by atoms with E-state index in [0.717, 1.165) is 16.9 Å². The Labute approximate surface area is 118 Å². The summed E-state index contributed by atoms with van der Waals surface area (Å²) in [6.07, 6.45) is 0.601. The van der Waals surface area contributed by atoms with Gasteiger partial charge in [0, 0.05) is 6.42 Å². The number of hydrogen-bond donors (Lipinski definition) is 1. The molecule has 2 aromatic carbocycles. The zero-order valence-electron chi connectivity index (χ0n) is 11.5. The molecule has 20 heavy (non-hydrogen) atoms. The standard InChI is InChI=1S/C17H18O3/c1-13-6-8-14(9-7-13)12-20-16-5-3-2-4-15(16)10-11-17(18)19/h2-9H,10-12H2,1H3,(H,18,19). The van der Waals surface area contributed by atoms with Gasteiger partial charge < -0.3 is 9.84 Å². The summed E-state index contributed by atoms with van der Waals surface area (Å²) in [5.41, 5.74) is 3.25. The molecule has 0 aliphatic heterocycles. The van der Waals surface area contributed by atoms with Crippen molar-refractivity contribution in [1.29, 1.82) is 0 Å². The van der Waals surface area contributed by atoms with Gasteiger partial charge in [0.05, 0.1) is 0 Å². The Hall–Kier alpha value is -2.29. The van der Waals surface area contributed by atoms with Crippen molar-refractivity contribution in [2.45, 2.75) is 26.4 Å². The van der Waals surface area contributed by atoms with E-state index in [1.54, 1.807) is 0 Å². The van der Waals surface area contributed by atoms with E-state index in [2.05, 4.69) is 12.1 Å². The molecular weight excluding hydrogens is 252 g/mol. The van der Waals surface area contributed by atoms with Crippen molar-refractivity contribution in [3.05, 3.63) is 65.2 Å². The number of para-hydroxylation sites is 1. The van der Waals surface area contributed by atoms with E-state index in [0.29, 0.717) is 13.0 Å². The highest BCUT2D eigenvalue weighted by Gasteiger charge is 2.06. The Morgan fingerprint density at radius 1 is 1.10 bits per heavy atom. The highest BCUT2D eigenvalue weighted by atomic mass is 16.5. The van der Waals surface area contributed by atoms with Gasteiger partial charge in [0.15, 0.2) is 0 Å². The maximum atomic E-state index is 10.7. The molecule has 0 saturated heterocycles. The minimum Gasteiger partial charge on any atom is -0.489 e. The molecule has 1 N–H and O–H groups in total. The predicted octanol–water partition coefficient (Wildman–Crippen LogP) is 3.59. The molecule has 3 heteroatoms. The van der Waals surface area contributed by atoms with E-state index in [1.165, 1.54) is 5.56 Å². The van der Waals surface area contributed by atoms with Crippen molar-refractivity contribution in [2.75, 3.05) is 0 Å². The third-order valence-corrected chi connectivity index (χ3v) is 3.10. The first-order valence-corrected chi connectivity index (χ1v) is 6.63. The lowest BCUT2D eigenvalue weighted by Crippen LogP contribution is -2.01. The summed E-state index contributed by atoms with van der Waals surface area (Å²) in [6, 6.07) is 15.8. The molecule has 0 fully saturated rings. The van der Waals surface area contributed by atoms with Gasteiger partial charge in [-0.1, -0.05) is 48.0 Å². The lowest BCUT2D eigenvalue weighted by molar-refractivity contribution is -0.136. The molecule has 0 atom stereocenters. The second-order valence-corrected chi connectivity index (χ2v) is 4.78. The molecular formula is C17H18O3. The van der Waals surface area contributed by atoms with Crippen molar-refractivity contribution in [3.63, 3.8) is 0 Å². The Morgan fingerprint density at radius 2 is 1.80 bits per heavy atom. The van der Waals surface area contributed by atoms with Gasteiger partial charge in [0.25, 0.3) is 0 Å². The van der Waals surface area contributed by atoms with E-state index in [9.17, 15) is 4.79 Å². The van der Waals surface area contributed by atoms with Crippen LogP contribution in [0.3, 0.4) is 0 Å². The summed E-state index contributed by atoms with van der Waals surface area (Å²) in [4.78, 5) is 10.7. The molecule has 0 bridgehead atoms. The second kappa shape index (κ2) is 6.75. The number of carboxylic acid groups (broad SMARTS) is 1. The molecule has 0 aliphatic rings. The maximum Gasteiger partial charge on any atom is 0.303 e. The smallest absolute Gasteiger partial charge is 0.303 e. The van der Waals surface area contributed by atoms with Gasteiger partial charge >= 0.3 is 5.97 Å². The van der Waals surface area contributed by atoms with Gasteiger partial charge in [0.2, 0.25) is 0 Å². The molecule has 0 aromatic heterocycles. The molecule has 104 valence electrons. The van der Waals surface area contributed by atoms with Crippen LogP contribution in [0.25, 0.3) is 0 Å². The summed E-state index contributed by atoms with van der Waals surface area (Å²) < 4.78 is 5.80. The SMILES string of the molecule is Cc1ccc(COc2ccccc2CCC(=O)O)cc1. The van der Waals surface area contributed by atoms with Gasteiger partial charge in [0.1, 0.15) is 12.4 Å². The van der Waals surface area contributed by atoms with Crippen molar-refractivity contribution in [1.82, 2.24) is 0 Å². The quantitative estimate of drug-likeness (QED) is 0.872. The number of aliphatic carboxylic acids is 1. The van der Waals surface area contributed by atoms with E-state index in [1.807, 2.05) is 43.3 Å². The summed E-state index contributed by atoms with van der Waals surface area (Å²) in [7, 11) is 0. The number of ether oxygens (including phenoxy) is 1. The minimum atomic E-state index is -0.793. The third-order valence-electron chi connectivity index (χ3n) is 3.10. The van der Waals surface area contributed by atoms with Crippen LogP contribution in [0.2, 0.25) is 0 Å². The second-order valence-electron chi connectivity index (χ2n) is 4.78. The van der Waals surface area contributed by atoms with Crippen molar-refractivity contribution < 1.29 is 14.6 Å². The average molecular weight is 270 g/mol. The summed E-state index contributed by atoms with van der Waals surface area (Å²) >= 11 is 0. The number of carboxylic acids is 1. The zero-order valence-corrected chi connectivity index (χ0v) is 11.5. The third kappa shape index (κ3) is 4.12. The average Bonchev–Trinajstić information content (AvgIpc) is 2.45. The van der Waals surface area contributed by atoms with Crippen LogP contribution in [-0.2, 0) is 17.8 Å². The Kier molecular flexibility index (Phi) is 4.77. The topological polar surface area (TPSA) is 46.5 Å². The van der Waals surface area contributed by atoms with E-state index in [4.69, 9.17) is 9.84 Å². The Balaban J connectivity index is 2.01. The molecule has 0 heterocycles. The maximum absolute atomic E-state index is 10.7. The van der Waals surface area contributed by atoms with Crippen LogP contribution in [0, 0.1) is 6.92 Å². The van der Waals surface area contributed by atoms with E-state index >= 15 is 0 Å². The minimum absolute atomic E-state index is 0.116. The molecule has 0 amide bonds. The van der Waals surface area contributed by atoms with Crippen molar-refractivity contribution >= 4 is 5.97 Å². The molecule has 2 aromatic rings. The van der Waals surface area contributed by atoms with Gasteiger partial charge in [-0.3, -0.25) is 4.79 Å². The number of hydrogen-bond acceptors (Lipinski definition) is 2.